The third kappa shape index (κ3) is 6.47. The van der Waals surface area contributed by atoms with E-state index in [2.05, 4.69) is 50.7 Å². The van der Waals surface area contributed by atoms with Gasteiger partial charge in [0.25, 0.3) is 0 Å². The van der Waals surface area contributed by atoms with Gasteiger partial charge in [-0.25, -0.2) is 0 Å². The summed E-state index contributed by atoms with van der Waals surface area (Å²) in [6.07, 6.45) is 4.82. The molecule has 0 saturated heterocycles. The van der Waals surface area contributed by atoms with Crippen molar-refractivity contribution >= 4 is 16.9 Å². The quantitative estimate of drug-likeness (QED) is 0.265. The van der Waals surface area contributed by atoms with Gasteiger partial charge in [-0.2, -0.15) is 0 Å². The van der Waals surface area contributed by atoms with E-state index in [4.69, 9.17) is 4.74 Å². The van der Waals surface area contributed by atoms with Gasteiger partial charge in [-0.1, -0.05) is 37.8 Å². The summed E-state index contributed by atoms with van der Waals surface area (Å²) in [4.78, 5) is 4.59. The van der Waals surface area contributed by atoms with E-state index in [0.29, 0.717) is 6.54 Å². The van der Waals surface area contributed by atoms with E-state index in [0.717, 1.165) is 60.5 Å². The first-order valence-corrected chi connectivity index (χ1v) is 9.11. The minimum Gasteiger partial charge on any atom is -0.381 e. The molecule has 0 atom stereocenters. The molecule has 0 aliphatic heterocycles. The lowest BCUT2D eigenvalue weighted by molar-refractivity contribution is 0.133. The van der Waals surface area contributed by atoms with E-state index in [-0.39, 0.29) is 0 Å². The number of hydrogen-bond donors (Lipinski definition) is 0. The fourth-order valence-electron chi connectivity index (χ4n) is 2.80. The molecule has 0 aromatic heterocycles. The molecular formula is C23H33NO. The molecule has 0 spiro atoms. The number of nitrogens with zero attached hydrogens (tertiary/aromatic N) is 1. The third-order valence-corrected chi connectivity index (χ3v) is 4.17. The Kier molecular flexibility index (Phi) is 9.15. The van der Waals surface area contributed by atoms with Gasteiger partial charge in [0.15, 0.2) is 0 Å². The molecule has 0 saturated carbocycles. The molecule has 25 heavy (non-hydrogen) atoms. The molecule has 0 heterocycles. The van der Waals surface area contributed by atoms with Gasteiger partial charge in [0.1, 0.15) is 0 Å². The van der Waals surface area contributed by atoms with E-state index in [1.165, 1.54) is 11.1 Å². The molecule has 0 fully saturated rings. The fraction of sp³-hybridized carbons (Fsp3) is 0.435. The smallest absolute Gasteiger partial charge is 0.0571 e. The van der Waals surface area contributed by atoms with Crippen LogP contribution in [0.4, 0.5) is 0 Å². The Morgan fingerprint density at radius 3 is 2.44 bits per heavy atom. The van der Waals surface area contributed by atoms with Gasteiger partial charge in [-0.05, 0) is 68.4 Å². The Labute approximate surface area is 154 Å². The Morgan fingerprint density at radius 1 is 1.12 bits per heavy atom. The largest absolute Gasteiger partial charge is 0.381 e. The molecule has 0 aliphatic carbocycles. The zero-order chi connectivity index (χ0) is 18.8. The van der Waals surface area contributed by atoms with E-state index < -0.39 is 0 Å². The summed E-state index contributed by atoms with van der Waals surface area (Å²) in [5.74, 6) is 0. The van der Waals surface area contributed by atoms with Crippen LogP contribution in [-0.2, 0) is 4.74 Å². The SMILES string of the molecule is C=CCN=C(C)c1cc(C(=C)CCCOCCC)c(C)cc1C(=C)C. The normalized spacial score (nSPS) is 11.4. The predicted molar refractivity (Wildman–Crippen MR) is 113 cm³/mol. The number of hydrogen-bond acceptors (Lipinski definition) is 2. The number of allylic oxidation sites excluding steroid dienone is 2. The lowest BCUT2D eigenvalue weighted by atomic mass is 9.89. The maximum absolute atomic E-state index is 5.57. The minimum absolute atomic E-state index is 0.625. The number of aliphatic imine (C=N–C) groups is 1. The molecule has 1 aromatic carbocycles. The average Bonchev–Trinajstić information content (AvgIpc) is 2.58. The van der Waals surface area contributed by atoms with Gasteiger partial charge in [0.2, 0.25) is 0 Å². The Morgan fingerprint density at radius 2 is 1.84 bits per heavy atom. The number of aryl methyl sites for hydroxylation is 1. The second-order valence-electron chi connectivity index (χ2n) is 6.53. The van der Waals surface area contributed by atoms with Gasteiger partial charge in [-0.3, -0.25) is 4.99 Å². The maximum Gasteiger partial charge on any atom is 0.0571 e. The van der Waals surface area contributed by atoms with Crippen molar-refractivity contribution in [3.8, 4) is 0 Å². The zero-order valence-electron chi connectivity index (χ0n) is 16.5. The van der Waals surface area contributed by atoms with Gasteiger partial charge in [0.05, 0.1) is 6.54 Å². The molecule has 0 aliphatic rings. The summed E-state index contributed by atoms with van der Waals surface area (Å²) < 4.78 is 5.57. The van der Waals surface area contributed by atoms with Crippen LogP contribution in [0.25, 0.3) is 11.1 Å². The molecule has 0 radical (unpaired) electrons. The lowest BCUT2D eigenvalue weighted by Crippen LogP contribution is -2.04. The van der Waals surface area contributed by atoms with Crippen LogP contribution < -0.4 is 0 Å². The molecule has 0 N–H and O–H groups in total. The fourth-order valence-corrected chi connectivity index (χ4v) is 2.80. The molecule has 1 aromatic rings. The predicted octanol–water partition coefficient (Wildman–Crippen LogP) is 6.24. The van der Waals surface area contributed by atoms with Crippen molar-refractivity contribution in [1.82, 2.24) is 0 Å². The maximum atomic E-state index is 5.57. The third-order valence-electron chi connectivity index (χ3n) is 4.17. The van der Waals surface area contributed by atoms with Crippen LogP contribution in [-0.4, -0.2) is 25.5 Å². The molecular weight excluding hydrogens is 306 g/mol. The molecule has 0 bridgehead atoms. The highest BCUT2D eigenvalue weighted by Gasteiger charge is 2.12. The molecule has 2 heteroatoms. The average molecular weight is 340 g/mol. The van der Waals surface area contributed by atoms with Gasteiger partial charge < -0.3 is 4.74 Å². The molecule has 2 nitrogen and oxygen atoms in total. The van der Waals surface area contributed by atoms with Crippen LogP contribution in [0.1, 0.15) is 62.3 Å². The van der Waals surface area contributed by atoms with Crippen LogP contribution >= 0.6 is 0 Å². The minimum atomic E-state index is 0.625. The summed E-state index contributed by atoms with van der Waals surface area (Å²) in [6.45, 7) is 22.8. The van der Waals surface area contributed by atoms with Crippen LogP contribution in [0.5, 0.6) is 0 Å². The highest BCUT2D eigenvalue weighted by molar-refractivity contribution is 6.03. The second kappa shape index (κ2) is 10.8. The Bertz CT molecular complexity index is 652. The van der Waals surface area contributed by atoms with Crippen molar-refractivity contribution in [2.24, 2.45) is 4.99 Å². The van der Waals surface area contributed by atoms with Crippen LogP contribution in [0.15, 0.2) is 42.9 Å². The topological polar surface area (TPSA) is 21.6 Å². The van der Waals surface area contributed by atoms with Crippen molar-refractivity contribution in [1.29, 1.82) is 0 Å². The summed E-state index contributed by atoms with van der Waals surface area (Å²) in [7, 11) is 0. The van der Waals surface area contributed by atoms with Crippen molar-refractivity contribution in [3.05, 3.63) is 60.2 Å². The van der Waals surface area contributed by atoms with Crippen molar-refractivity contribution in [3.63, 3.8) is 0 Å². The summed E-state index contributed by atoms with van der Waals surface area (Å²) in [6, 6.07) is 4.43. The second-order valence-corrected chi connectivity index (χ2v) is 6.53. The van der Waals surface area contributed by atoms with E-state index in [1.54, 1.807) is 0 Å². The monoisotopic (exact) mass is 339 g/mol. The van der Waals surface area contributed by atoms with Crippen molar-refractivity contribution < 1.29 is 4.74 Å². The van der Waals surface area contributed by atoms with E-state index in [9.17, 15) is 0 Å². The van der Waals surface area contributed by atoms with E-state index in [1.807, 2.05) is 19.9 Å². The number of benzene rings is 1. The first-order valence-electron chi connectivity index (χ1n) is 9.11. The Hall–Kier alpha value is -1.93. The van der Waals surface area contributed by atoms with Gasteiger partial charge in [0, 0.05) is 24.5 Å². The highest BCUT2D eigenvalue weighted by Crippen LogP contribution is 2.28. The first kappa shape index (κ1) is 21.1. The summed E-state index contributed by atoms with van der Waals surface area (Å²) in [5, 5.41) is 0. The van der Waals surface area contributed by atoms with Crippen LogP contribution in [0, 0.1) is 6.92 Å². The molecule has 0 amide bonds. The standard InChI is InChI=1S/C23H33NO/c1-8-12-24-20(7)23-16-22(19(6)15-21(23)17(3)4)18(5)11-10-14-25-13-9-2/h8,15-16H,1,3,5,9-14H2,2,4,6-7H3. The summed E-state index contributed by atoms with van der Waals surface area (Å²) >= 11 is 0. The first-order chi connectivity index (χ1) is 11.9. The number of ether oxygens (including phenoxy) is 1. The zero-order valence-corrected chi connectivity index (χ0v) is 16.5. The highest BCUT2D eigenvalue weighted by atomic mass is 16.5. The van der Waals surface area contributed by atoms with Crippen molar-refractivity contribution in [2.45, 2.75) is 47.0 Å². The van der Waals surface area contributed by atoms with Gasteiger partial charge in [-0.15, -0.1) is 6.58 Å². The summed E-state index contributed by atoms with van der Waals surface area (Å²) in [5.41, 5.74) is 7.96. The molecule has 1 rings (SSSR count). The van der Waals surface area contributed by atoms with Crippen LogP contribution in [0.3, 0.4) is 0 Å². The Balaban J connectivity index is 3.06. The molecule has 136 valence electrons. The van der Waals surface area contributed by atoms with Crippen LogP contribution in [0.2, 0.25) is 0 Å². The molecule has 0 unspecified atom stereocenters. The van der Waals surface area contributed by atoms with Crippen molar-refractivity contribution in [2.75, 3.05) is 19.8 Å². The van der Waals surface area contributed by atoms with Gasteiger partial charge >= 0.3 is 0 Å². The lowest BCUT2D eigenvalue weighted by Gasteiger charge is -2.16. The van der Waals surface area contributed by atoms with E-state index >= 15 is 0 Å². The number of rotatable bonds is 11.